The number of rotatable bonds is 2. The van der Waals surface area contributed by atoms with E-state index in [-0.39, 0.29) is 16.9 Å². The molecule has 0 N–H and O–H groups in total. The fourth-order valence-electron chi connectivity index (χ4n) is 2.06. The zero-order chi connectivity index (χ0) is 13.6. The minimum atomic E-state index is -1.82. The van der Waals surface area contributed by atoms with Crippen molar-refractivity contribution in [2.75, 3.05) is 0 Å². The molecule has 3 heteroatoms. The van der Waals surface area contributed by atoms with Gasteiger partial charge < -0.3 is 4.43 Å². The van der Waals surface area contributed by atoms with Gasteiger partial charge in [-0.3, -0.25) is 4.79 Å². The summed E-state index contributed by atoms with van der Waals surface area (Å²) in [5, 5.41) is 0.174. The Morgan fingerprint density at radius 1 is 1.22 bits per heavy atom. The third-order valence-corrected chi connectivity index (χ3v) is 8.71. The van der Waals surface area contributed by atoms with Crippen molar-refractivity contribution in [1.82, 2.24) is 0 Å². The van der Waals surface area contributed by atoms with Crippen LogP contribution in [0.15, 0.2) is 24.3 Å². The minimum absolute atomic E-state index is 0.0328. The summed E-state index contributed by atoms with van der Waals surface area (Å²) in [5.74, 6) is 0.217. The van der Waals surface area contributed by atoms with Gasteiger partial charge >= 0.3 is 0 Å². The molecule has 0 aromatic heterocycles. The Bertz CT molecular complexity index is 472. The number of carbonyl (C=O) groups is 1. The number of carbonyl (C=O) groups excluding carboxylic acids is 1. The predicted octanol–water partition coefficient (Wildman–Crippen LogP) is 4.34. The Kier molecular flexibility index (Phi) is 3.24. The van der Waals surface area contributed by atoms with Crippen molar-refractivity contribution in [1.29, 1.82) is 0 Å². The lowest BCUT2D eigenvalue weighted by Gasteiger charge is -2.38. The highest BCUT2D eigenvalue weighted by molar-refractivity contribution is 6.74. The molecule has 1 aromatic carbocycles. The molecule has 0 saturated heterocycles. The van der Waals surface area contributed by atoms with Crippen LogP contribution in [-0.2, 0) is 4.43 Å². The van der Waals surface area contributed by atoms with Gasteiger partial charge in [0.1, 0.15) is 0 Å². The summed E-state index contributed by atoms with van der Waals surface area (Å²) in [4.78, 5) is 11.9. The van der Waals surface area contributed by atoms with E-state index in [2.05, 4.69) is 33.9 Å². The molecular formula is C15H22O2Si. The van der Waals surface area contributed by atoms with Gasteiger partial charge in [0.25, 0.3) is 0 Å². The van der Waals surface area contributed by atoms with Gasteiger partial charge in [-0.2, -0.15) is 0 Å². The zero-order valence-electron chi connectivity index (χ0n) is 11.9. The molecule has 1 aliphatic carbocycles. The summed E-state index contributed by atoms with van der Waals surface area (Å²) in [6, 6.07) is 7.84. The first-order chi connectivity index (χ1) is 8.22. The number of fused-ring (bicyclic) bond motifs is 1. The van der Waals surface area contributed by atoms with Gasteiger partial charge in [-0.1, -0.05) is 45.0 Å². The van der Waals surface area contributed by atoms with Crippen LogP contribution in [0.4, 0.5) is 0 Å². The number of benzene rings is 1. The Labute approximate surface area is 110 Å². The molecule has 1 unspecified atom stereocenters. The first-order valence-corrected chi connectivity index (χ1v) is 9.43. The van der Waals surface area contributed by atoms with Crippen molar-refractivity contribution >= 4 is 14.1 Å². The van der Waals surface area contributed by atoms with Crippen molar-refractivity contribution in [3.05, 3.63) is 35.4 Å². The van der Waals surface area contributed by atoms with Crippen molar-refractivity contribution in [2.24, 2.45) is 0 Å². The normalized spacial score (nSPS) is 20.1. The van der Waals surface area contributed by atoms with Gasteiger partial charge in [0, 0.05) is 12.0 Å². The SMILES string of the molecule is CC(C)(C)[Si](C)(C)OC1CC(=O)c2ccccc21. The van der Waals surface area contributed by atoms with Crippen LogP contribution in [0, 0.1) is 0 Å². The Morgan fingerprint density at radius 3 is 2.44 bits per heavy atom. The van der Waals surface area contributed by atoms with Crippen molar-refractivity contribution < 1.29 is 9.22 Å². The summed E-state index contributed by atoms with van der Waals surface area (Å²) < 4.78 is 6.38. The van der Waals surface area contributed by atoms with Gasteiger partial charge in [-0.25, -0.2) is 0 Å². The van der Waals surface area contributed by atoms with Gasteiger partial charge in [-0.05, 0) is 23.7 Å². The van der Waals surface area contributed by atoms with E-state index in [0.717, 1.165) is 11.1 Å². The molecule has 1 aromatic rings. The smallest absolute Gasteiger partial charge is 0.192 e. The standard InChI is InChI=1S/C15H22O2Si/c1-15(2,3)18(4,5)17-14-10-13(16)11-8-6-7-9-12(11)14/h6-9,14H,10H2,1-5H3. The molecule has 18 heavy (non-hydrogen) atoms. The molecule has 0 heterocycles. The molecule has 2 rings (SSSR count). The molecule has 0 fully saturated rings. The topological polar surface area (TPSA) is 26.3 Å². The Balaban J connectivity index is 2.26. The molecule has 0 bridgehead atoms. The van der Waals surface area contributed by atoms with E-state index >= 15 is 0 Å². The minimum Gasteiger partial charge on any atom is -0.409 e. The van der Waals surface area contributed by atoms with Crippen LogP contribution in [-0.4, -0.2) is 14.1 Å². The van der Waals surface area contributed by atoms with Crippen LogP contribution in [0.25, 0.3) is 0 Å². The number of hydrogen-bond donors (Lipinski definition) is 0. The first kappa shape index (κ1) is 13.5. The van der Waals surface area contributed by atoms with Crippen molar-refractivity contribution in [2.45, 2.75) is 51.4 Å². The van der Waals surface area contributed by atoms with E-state index in [0.29, 0.717) is 6.42 Å². The molecule has 98 valence electrons. The molecule has 0 saturated carbocycles. The third kappa shape index (κ3) is 2.29. The van der Waals surface area contributed by atoms with E-state index in [4.69, 9.17) is 4.43 Å². The van der Waals surface area contributed by atoms with E-state index < -0.39 is 8.32 Å². The Hall–Kier alpha value is -0.933. The maximum absolute atomic E-state index is 11.9. The molecule has 0 spiro atoms. The molecular weight excluding hydrogens is 240 g/mol. The second-order valence-corrected chi connectivity index (χ2v) is 11.3. The molecule has 1 atom stereocenters. The first-order valence-electron chi connectivity index (χ1n) is 6.52. The lowest BCUT2D eigenvalue weighted by atomic mass is 10.1. The second kappa shape index (κ2) is 4.32. The highest BCUT2D eigenvalue weighted by Gasteiger charge is 2.42. The molecule has 1 aliphatic rings. The van der Waals surface area contributed by atoms with Crippen LogP contribution in [0.1, 0.15) is 49.2 Å². The van der Waals surface area contributed by atoms with Crippen LogP contribution in [0.2, 0.25) is 18.1 Å². The summed E-state index contributed by atoms with van der Waals surface area (Å²) in [5.41, 5.74) is 1.92. The number of hydrogen-bond acceptors (Lipinski definition) is 2. The maximum Gasteiger partial charge on any atom is 0.192 e. The van der Waals surface area contributed by atoms with E-state index in [1.54, 1.807) is 0 Å². The average Bonchev–Trinajstić information content (AvgIpc) is 2.55. The maximum atomic E-state index is 11.9. The Morgan fingerprint density at radius 2 is 1.83 bits per heavy atom. The lowest BCUT2D eigenvalue weighted by molar-refractivity contribution is 0.0937. The summed E-state index contributed by atoms with van der Waals surface area (Å²) in [7, 11) is -1.82. The van der Waals surface area contributed by atoms with E-state index in [1.807, 2.05) is 24.3 Å². The van der Waals surface area contributed by atoms with Crippen molar-refractivity contribution in [3.63, 3.8) is 0 Å². The quantitative estimate of drug-likeness (QED) is 0.741. The molecule has 2 nitrogen and oxygen atoms in total. The largest absolute Gasteiger partial charge is 0.409 e. The van der Waals surface area contributed by atoms with Crippen LogP contribution < -0.4 is 0 Å². The monoisotopic (exact) mass is 262 g/mol. The summed E-state index contributed by atoms with van der Waals surface area (Å²) in [6.45, 7) is 11.1. The number of ketones is 1. The van der Waals surface area contributed by atoms with Gasteiger partial charge in [0.15, 0.2) is 14.1 Å². The van der Waals surface area contributed by atoms with E-state index in [1.165, 1.54) is 0 Å². The highest BCUT2D eigenvalue weighted by Crippen LogP contribution is 2.43. The number of Topliss-reactive ketones (excluding diaryl/α,β-unsaturated/α-hetero) is 1. The predicted molar refractivity (Wildman–Crippen MR) is 76.4 cm³/mol. The zero-order valence-corrected chi connectivity index (χ0v) is 12.9. The van der Waals surface area contributed by atoms with Crippen LogP contribution in [0.5, 0.6) is 0 Å². The summed E-state index contributed by atoms with van der Waals surface area (Å²) >= 11 is 0. The van der Waals surface area contributed by atoms with Crippen LogP contribution >= 0.6 is 0 Å². The van der Waals surface area contributed by atoms with Gasteiger partial charge in [0.2, 0.25) is 0 Å². The van der Waals surface area contributed by atoms with Gasteiger partial charge in [-0.15, -0.1) is 0 Å². The van der Waals surface area contributed by atoms with Crippen LogP contribution in [0.3, 0.4) is 0 Å². The molecule has 0 amide bonds. The average molecular weight is 262 g/mol. The van der Waals surface area contributed by atoms with Gasteiger partial charge in [0.05, 0.1) is 6.10 Å². The fourth-order valence-corrected chi connectivity index (χ4v) is 3.33. The highest BCUT2D eigenvalue weighted by atomic mass is 28.4. The second-order valence-electron chi connectivity index (χ2n) is 6.58. The molecule has 0 aliphatic heterocycles. The molecule has 0 radical (unpaired) electrons. The third-order valence-electron chi connectivity index (χ3n) is 4.22. The van der Waals surface area contributed by atoms with Crippen molar-refractivity contribution in [3.8, 4) is 0 Å². The lowest BCUT2D eigenvalue weighted by Crippen LogP contribution is -2.41. The fraction of sp³-hybridized carbons (Fsp3) is 0.533. The van der Waals surface area contributed by atoms with E-state index in [9.17, 15) is 4.79 Å². The summed E-state index contributed by atoms with van der Waals surface area (Å²) in [6.07, 6.45) is 0.473.